The van der Waals surface area contributed by atoms with Gasteiger partial charge < -0.3 is 16.0 Å². The van der Waals surface area contributed by atoms with Crippen LogP contribution >= 0.6 is 0 Å². The Morgan fingerprint density at radius 3 is 1.92 bits per heavy atom. The first-order valence-electron chi connectivity index (χ1n) is 16.8. The van der Waals surface area contributed by atoms with Crippen LogP contribution in [0.25, 0.3) is 37.9 Å². The van der Waals surface area contributed by atoms with Crippen LogP contribution in [0, 0.1) is 12.3 Å². The SMILES string of the molecule is C=N.CN(C1=C(c2ccccc2)C=CCC1)c1cccc(N)c1.Cc1ccc2c3ccccc3c3ccc(Cc4ccccc4)cc3c2c1. The number of aryl methyl sites for hydroxylation is 1. The predicted octanol–water partition coefficient (Wildman–Crippen LogP) is 11.8. The van der Waals surface area contributed by atoms with Crippen LogP contribution in [0.5, 0.6) is 0 Å². The van der Waals surface area contributed by atoms with Crippen LogP contribution in [0.1, 0.15) is 35.1 Å². The number of allylic oxidation sites excluding steroid dienone is 4. The first-order valence-corrected chi connectivity index (χ1v) is 16.8. The molecule has 0 radical (unpaired) electrons. The van der Waals surface area contributed by atoms with E-state index in [2.05, 4.69) is 165 Å². The average Bonchev–Trinajstić information content (AvgIpc) is 3.16. The molecule has 0 aliphatic heterocycles. The lowest BCUT2D eigenvalue weighted by molar-refractivity contribution is 0.902. The van der Waals surface area contributed by atoms with Gasteiger partial charge in [0, 0.05) is 29.7 Å². The quantitative estimate of drug-likeness (QED) is 0.112. The number of hydrogen-bond acceptors (Lipinski definition) is 3. The van der Waals surface area contributed by atoms with Gasteiger partial charge in [-0.2, -0.15) is 0 Å². The molecule has 7 aromatic rings. The molecule has 0 bridgehead atoms. The Kier molecular flexibility index (Phi) is 10.3. The Bertz CT molecular complexity index is 2270. The van der Waals surface area contributed by atoms with Crippen molar-refractivity contribution in [3.63, 3.8) is 0 Å². The summed E-state index contributed by atoms with van der Waals surface area (Å²) in [5, 5.41) is 13.6. The fraction of sp³-hybridized carbons (Fsp3) is 0.109. The van der Waals surface area contributed by atoms with Gasteiger partial charge in [0.2, 0.25) is 0 Å². The van der Waals surface area contributed by atoms with E-state index in [0.29, 0.717) is 0 Å². The van der Waals surface area contributed by atoms with Gasteiger partial charge >= 0.3 is 0 Å². The Morgan fingerprint density at radius 2 is 1.22 bits per heavy atom. The molecule has 0 spiro atoms. The third-order valence-corrected chi connectivity index (χ3v) is 9.20. The van der Waals surface area contributed by atoms with Crippen molar-refractivity contribution in [2.24, 2.45) is 0 Å². The lowest BCUT2D eigenvalue weighted by atomic mass is 9.91. The fourth-order valence-electron chi connectivity index (χ4n) is 6.83. The van der Waals surface area contributed by atoms with Crippen LogP contribution < -0.4 is 10.6 Å². The van der Waals surface area contributed by atoms with Gasteiger partial charge in [-0.1, -0.05) is 145 Å². The maximum atomic E-state index is 5.91. The minimum Gasteiger partial charge on any atom is -0.399 e. The van der Waals surface area contributed by atoms with E-state index in [4.69, 9.17) is 11.1 Å². The minimum atomic E-state index is 0.799. The number of nitrogens with one attached hydrogen (secondary N) is 1. The molecule has 49 heavy (non-hydrogen) atoms. The van der Waals surface area contributed by atoms with Gasteiger partial charge in [-0.05, 0) is 100 Å². The summed E-state index contributed by atoms with van der Waals surface area (Å²) in [4.78, 5) is 2.25. The Balaban J connectivity index is 0.000000166. The summed E-state index contributed by atoms with van der Waals surface area (Å²) in [7, 11) is 2.12. The van der Waals surface area contributed by atoms with Gasteiger partial charge in [0.15, 0.2) is 0 Å². The molecule has 0 atom stereocenters. The van der Waals surface area contributed by atoms with Gasteiger partial charge in [-0.25, -0.2) is 0 Å². The van der Waals surface area contributed by atoms with Crippen molar-refractivity contribution in [2.75, 3.05) is 17.7 Å². The van der Waals surface area contributed by atoms with Crippen LogP contribution in [-0.4, -0.2) is 13.8 Å². The molecule has 0 saturated heterocycles. The Morgan fingerprint density at radius 1 is 0.612 bits per heavy atom. The van der Waals surface area contributed by atoms with Gasteiger partial charge in [0.1, 0.15) is 0 Å². The van der Waals surface area contributed by atoms with Crippen molar-refractivity contribution in [1.82, 2.24) is 0 Å². The lowest BCUT2D eigenvalue weighted by Gasteiger charge is -2.27. The number of hydrogen-bond donors (Lipinski definition) is 2. The van der Waals surface area contributed by atoms with Crippen LogP contribution in [0.15, 0.2) is 163 Å². The second-order valence-electron chi connectivity index (χ2n) is 12.5. The average molecular weight is 638 g/mol. The standard InChI is InChI=1S/C26H20.C19H20N2.CH3N/c1-18-11-13-23-21-9-5-6-10-22(21)24-14-12-20(17-26(24)25(23)15-18)16-19-7-3-2-4-8-19;1-21(17-11-7-10-16(20)14-17)19-13-6-5-12-18(19)15-8-3-2-4-9-15;1-2/h2-15,17H,16H2,1H3;2-5,7-12,14H,6,13,20H2,1H3;2H,1H2. The predicted molar refractivity (Wildman–Crippen MR) is 214 cm³/mol. The van der Waals surface area contributed by atoms with Crippen molar-refractivity contribution < 1.29 is 0 Å². The first-order chi connectivity index (χ1) is 24.0. The molecule has 8 rings (SSSR count). The fourth-order valence-corrected chi connectivity index (χ4v) is 6.83. The summed E-state index contributed by atoms with van der Waals surface area (Å²) in [6.45, 7) is 4.67. The molecule has 0 fully saturated rings. The van der Waals surface area contributed by atoms with E-state index in [0.717, 1.165) is 30.6 Å². The highest BCUT2D eigenvalue weighted by atomic mass is 15.1. The summed E-state index contributed by atoms with van der Waals surface area (Å²) < 4.78 is 0. The van der Waals surface area contributed by atoms with Crippen molar-refractivity contribution in [2.45, 2.75) is 26.2 Å². The molecule has 1 aliphatic carbocycles. The molecule has 7 aromatic carbocycles. The molecule has 0 unspecified atom stereocenters. The number of benzene rings is 7. The Hall–Kier alpha value is -5.93. The molecular weight excluding hydrogens is 595 g/mol. The van der Waals surface area contributed by atoms with Gasteiger partial charge in [0.05, 0.1) is 0 Å². The van der Waals surface area contributed by atoms with E-state index in [1.54, 1.807) is 0 Å². The molecule has 1 aliphatic rings. The zero-order chi connectivity index (χ0) is 34.2. The van der Waals surface area contributed by atoms with Crippen LogP contribution in [-0.2, 0) is 6.42 Å². The van der Waals surface area contributed by atoms with E-state index >= 15 is 0 Å². The minimum absolute atomic E-state index is 0.799. The molecule has 0 amide bonds. The largest absolute Gasteiger partial charge is 0.399 e. The molecule has 0 saturated carbocycles. The van der Waals surface area contributed by atoms with E-state index in [9.17, 15) is 0 Å². The Labute approximate surface area is 290 Å². The van der Waals surface area contributed by atoms with E-state index in [1.807, 2.05) is 18.2 Å². The van der Waals surface area contributed by atoms with Crippen molar-refractivity contribution in [3.05, 3.63) is 186 Å². The number of nitrogens with two attached hydrogens (primary N) is 1. The molecule has 3 N–H and O–H groups in total. The van der Waals surface area contributed by atoms with Crippen molar-refractivity contribution >= 4 is 56.0 Å². The number of nitrogens with zero attached hydrogens (tertiary/aromatic N) is 1. The number of fused-ring (bicyclic) bond motifs is 6. The van der Waals surface area contributed by atoms with Crippen LogP contribution in [0.2, 0.25) is 0 Å². The zero-order valence-corrected chi connectivity index (χ0v) is 28.4. The topological polar surface area (TPSA) is 53.1 Å². The number of nitrogen functional groups attached to an aromatic ring is 1. The molecule has 0 heterocycles. The second kappa shape index (κ2) is 15.3. The monoisotopic (exact) mass is 637 g/mol. The highest BCUT2D eigenvalue weighted by Crippen LogP contribution is 2.36. The molecular formula is C46H43N3. The maximum Gasteiger partial charge on any atom is 0.0426 e. The third kappa shape index (κ3) is 7.32. The highest BCUT2D eigenvalue weighted by Gasteiger charge is 2.16. The van der Waals surface area contributed by atoms with Crippen molar-refractivity contribution in [3.8, 4) is 0 Å². The first kappa shape index (κ1) is 33.0. The summed E-state index contributed by atoms with van der Waals surface area (Å²) in [6.07, 6.45) is 7.58. The van der Waals surface area contributed by atoms with Crippen molar-refractivity contribution in [1.29, 1.82) is 5.41 Å². The van der Waals surface area contributed by atoms with Crippen LogP contribution in [0.4, 0.5) is 11.4 Å². The third-order valence-electron chi connectivity index (χ3n) is 9.20. The summed E-state index contributed by atoms with van der Waals surface area (Å²) in [6, 6.07) is 51.9. The zero-order valence-electron chi connectivity index (χ0n) is 28.4. The highest BCUT2D eigenvalue weighted by molar-refractivity contribution is 6.25. The summed E-state index contributed by atoms with van der Waals surface area (Å²) in [5.41, 5.74) is 15.8. The number of anilines is 2. The summed E-state index contributed by atoms with van der Waals surface area (Å²) in [5.74, 6) is 0. The van der Waals surface area contributed by atoms with Gasteiger partial charge in [0.25, 0.3) is 0 Å². The van der Waals surface area contributed by atoms with Gasteiger partial charge in [-0.15, -0.1) is 0 Å². The number of rotatable bonds is 5. The van der Waals surface area contributed by atoms with Crippen LogP contribution in [0.3, 0.4) is 0 Å². The smallest absolute Gasteiger partial charge is 0.0426 e. The van der Waals surface area contributed by atoms with E-state index < -0.39 is 0 Å². The molecule has 3 heteroatoms. The normalized spacial score (nSPS) is 12.3. The maximum absolute atomic E-state index is 5.91. The van der Waals surface area contributed by atoms with Gasteiger partial charge in [-0.3, -0.25) is 0 Å². The molecule has 3 nitrogen and oxygen atoms in total. The lowest BCUT2D eigenvalue weighted by Crippen LogP contribution is -2.19. The van der Waals surface area contributed by atoms with E-state index in [1.165, 1.54) is 65.8 Å². The molecule has 0 aromatic heterocycles. The molecule has 242 valence electrons. The summed E-state index contributed by atoms with van der Waals surface area (Å²) >= 11 is 0. The van der Waals surface area contributed by atoms with E-state index in [-0.39, 0.29) is 0 Å². The second-order valence-corrected chi connectivity index (χ2v) is 12.5.